The van der Waals surface area contributed by atoms with Gasteiger partial charge in [0, 0.05) is 23.4 Å². The van der Waals surface area contributed by atoms with Crippen LogP contribution in [0.15, 0.2) is 98.5 Å². The summed E-state index contributed by atoms with van der Waals surface area (Å²) in [6.07, 6.45) is -6.33. The summed E-state index contributed by atoms with van der Waals surface area (Å²) in [6, 6.07) is 14.4. The zero-order chi connectivity index (χ0) is 39.1. The maximum Gasteiger partial charge on any atom is 0.337 e. The lowest BCUT2D eigenvalue weighted by Crippen LogP contribution is -2.64. The van der Waals surface area contributed by atoms with E-state index in [9.17, 15) is 39.9 Å². The van der Waals surface area contributed by atoms with Gasteiger partial charge in [0.2, 0.25) is 18.6 Å². The van der Waals surface area contributed by atoms with Crippen LogP contribution in [0.3, 0.4) is 0 Å². The van der Waals surface area contributed by atoms with Crippen LogP contribution >= 0.6 is 0 Å². The minimum absolute atomic E-state index is 0.0345. The highest BCUT2D eigenvalue weighted by Crippen LogP contribution is 2.40. The van der Waals surface area contributed by atoms with E-state index in [-0.39, 0.29) is 40.0 Å². The van der Waals surface area contributed by atoms with Gasteiger partial charge in [0.15, 0.2) is 17.6 Å². The lowest BCUT2D eigenvalue weighted by Gasteiger charge is -2.44. The van der Waals surface area contributed by atoms with Crippen molar-refractivity contribution in [3.8, 4) is 22.6 Å². The number of aliphatic carboxylic acids is 1. The number of esters is 1. The molecular formula is C39H37N3O13. The Balaban J connectivity index is 1.22. The van der Waals surface area contributed by atoms with Crippen LogP contribution in [0.2, 0.25) is 0 Å². The Labute approximate surface area is 312 Å². The van der Waals surface area contributed by atoms with Gasteiger partial charge in [-0.1, -0.05) is 29.3 Å². The second-order valence-electron chi connectivity index (χ2n) is 13.3. The van der Waals surface area contributed by atoms with E-state index in [1.54, 1.807) is 18.3 Å². The highest BCUT2D eigenvalue weighted by molar-refractivity contribution is 5.98. The summed E-state index contributed by atoms with van der Waals surface area (Å²) in [5, 5.41) is 56.7. The number of fused-ring (bicyclic) bond motifs is 2. The van der Waals surface area contributed by atoms with E-state index in [2.05, 4.69) is 10.3 Å². The SMILES string of the molecule is CNC(C(=O)O)C(=O)OC(O)C1OC(Oc2ccc3c(=O)c(-c4ccc(O)cc4)coc3c2)C(ON2CC3=CC=NC3=C2c2cc(C)cc(C)c2)C(O)C1O. The van der Waals surface area contributed by atoms with E-state index in [1.807, 2.05) is 38.1 Å². The highest BCUT2D eigenvalue weighted by Gasteiger charge is 2.52. The highest BCUT2D eigenvalue weighted by atomic mass is 16.8. The summed E-state index contributed by atoms with van der Waals surface area (Å²) in [4.78, 5) is 48.4. The predicted octanol–water partition coefficient (Wildman–Crippen LogP) is 2.14. The van der Waals surface area contributed by atoms with Crippen LogP contribution in [-0.4, -0.2) is 105 Å². The van der Waals surface area contributed by atoms with E-state index in [0.717, 1.165) is 22.3 Å². The normalized spacial score (nSPS) is 23.1. The van der Waals surface area contributed by atoms with Crippen molar-refractivity contribution in [3.05, 3.63) is 111 Å². The first-order valence-corrected chi connectivity index (χ1v) is 17.2. The molecule has 0 aliphatic carbocycles. The van der Waals surface area contributed by atoms with Crippen molar-refractivity contribution in [2.24, 2.45) is 4.99 Å². The molecule has 3 aromatic carbocycles. The number of aryl methyl sites for hydroxylation is 2. The fourth-order valence-corrected chi connectivity index (χ4v) is 6.74. The Morgan fingerprint density at radius 3 is 2.42 bits per heavy atom. The number of carboxylic acids is 1. The van der Waals surface area contributed by atoms with Gasteiger partial charge in [0.1, 0.15) is 35.6 Å². The van der Waals surface area contributed by atoms with E-state index in [4.69, 9.17) is 23.5 Å². The number of carbonyl (C=O) groups is 2. The predicted molar refractivity (Wildman–Crippen MR) is 194 cm³/mol. The number of allylic oxidation sites excluding steroid dienone is 1. The van der Waals surface area contributed by atoms with E-state index < -0.39 is 55.0 Å². The minimum atomic E-state index is -2.27. The molecule has 16 nitrogen and oxygen atoms in total. The molecule has 3 aliphatic heterocycles. The van der Waals surface area contributed by atoms with E-state index in [1.165, 1.54) is 48.7 Å². The topological polar surface area (TPSA) is 230 Å². The minimum Gasteiger partial charge on any atom is -0.508 e. The quantitative estimate of drug-likeness (QED) is 0.0732. The Bertz CT molecular complexity index is 2280. The lowest BCUT2D eigenvalue weighted by molar-refractivity contribution is -0.344. The first kappa shape index (κ1) is 37.4. The Hall–Kier alpha value is -5.88. The van der Waals surface area contributed by atoms with Crippen molar-refractivity contribution in [1.82, 2.24) is 10.4 Å². The molecule has 1 saturated heterocycles. The molecule has 286 valence electrons. The third-order valence-electron chi connectivity index (χ3n) is 9.36. The Morgan fingerprint density at radius 1 is 1.00 bits per heavy atom. The molecule has 6 N–H and O–H groups in total. The molecule has 7 unspecified atom stereocenters. The van der Waals surface area contributed by atoms with Crippen LogP contribution in [0.1, 0.15) is 16.7 Å². The van der Waals surface area contributed by atoms with Crippen LogP contribution in [0.5, 0.6) is 11.5 Å². The van der Waals surface area contributed by atoms with E-state index >= 15 is 0 Å². The number of likely N-dealkylation sites (N-methyl/N-ethyl adjacent to an activating group) is 1. The van der Waals surface area contributed by atoms with Crippen LogP contribution in [0.4, 0.5) is 0 Å². The van der Waals surface area contributed by atoms with Gasteiger partial charge < -0.3 is 44.2 Å². The molecule has 0 amide bonds. The molecule has 0 saturated carbocycles. The zero-order valence-corrected chi connectivity index (χ0v) is 29.7. The molecule has 7 atom stereocenters. The number of aromatic hydroxyl groups is 1. The summed E-state index contributed by atoms with van der Waals surface area (Å²) in [6.45, 7) is 4.09. The third kappa shape index (κ3) is 7.34. The number of phenols is 1. The van der Waals surface area contributed by atoms with Crippen LogP contribution in [0, 0.1) is 13.8 Å². The second-order valence-corrected chi connectivity index (χ2v) is 13.3. The number of phenolic OH excluding ortho intramolecular Hbond substituents is 1. The molecule has 0 bridgehead atoms. The molecule has 7 rings (SSSR count). The molecule has 4 heterocycles. The van der Waals surface area contributed by atoms with Crippen molar-refractivity contribution < 1.29 is 58.6 Å². The number of aliphatic hydroxyl groups is 3. The number of aliphatic imine (C=N–C) groups is 1. The van der Waals surface area contributed by atoms with Gasteiger partial charge in [-0.3, -0.25) is 19.9 Å². The van der Waals surface area contributed by atoms with Gasteiger partial charge in [-0.25, -0.2) is 14.7 Å². The monoisotopic (exact) mass is 755 g/mol. The van der Waals surface area contributed by atoms with Gasteiger partial charge in [0.05, 0.1) is 28.9 Å². The molecule has 0 spiro atoms. The molecule has 0 radical (unpaired) electrons. The number of benzene rings is 3. The number of nitrogens with zero attached hydrogens (tertiary/aromatic N) is 2. The van der Waals surface area contributed by atoms with Gasteiger partial charge in [-0.2, -0.15) is 0 Å². The molecule has 4 aromatic rings. The number of carbonyl (C=O) groups excluding carboxylic acids is 1. The van der Waals surface area contributed by atoms with Gasteiger partial charge in [-0.15, -0.1) is 0 Å². The smallest absolute Gasteiger partial charge is 0.337 e. The average Bonchev–Trinajstić information content (AvgIpc) is 3.73. The van der Waals surface area contributed by atoms with Gasteiger partial charge in [0.25, 0.3) is 0 Å². The average molecular weight is 756 g/mol. The van der Waals surface area contributed by atoms with Crippen LogP contribution in [0.25, 0.3) is 27.8 Å². The van der Waals surface area contributed by atoms with Crippen molar-refractivity contribution in [3.63, 3.8) is 0 Å². The number of hydrogen-bond acceptors (Lipinski definition) is 15. The third-order valence-corrected chi connectivity index (χ3v) is 9.36. The summed E-state index contributed by atoms with van der Waals surface area (Å²) in [5.74, 6) is -2.88. The number of carboxylic acid groups (broad SMARTS) is 1. The van der Waals surface area contributed by atoms with Crippen molar-refractivity contribution >= 4 is 34.8 Å². The Kier molecular flexibility index (Phi) is 10.3. The first-order valence-electron chi connectivity index (χ1n) is 17.2. The van der Waals surface area contributed by atoms with Crippen molar-refractivity contribution in [1.29, 1.82) is 0 Å². The Morgan fingerprint density at radius 2 is 1.73 bits per heavy atom. The van der Waals surface area contributed by atoms with Crippen molar-refractivity contribution in [2.75, 3.05) is 13.6 Å². The number of aliphatic hydroxyl groups excluding tert-OH is 3. The molecule has 3 aliphatic rings. The van der Waals surface area contributed by atoms with Crippen LogP contribution < -0.4 is 15.5 Å². The van der Waals surface area contributed by atoms with Crippen LogP contribution in [-0.2, 0) is 23.9 Å². The number of rotatable bonds is 11. The fourth-order valence-electron chi connectivity index (χ4n) is 6.74. The zero-order valence-electron chi connectivity index (χ0n) is 29.7. The molecular weight excluding hydrogens is 718 g/mol. The molecule has 1 fully saturated rings. The summed E-state index contributed by atoms with van der Waals surface area (Å²) < 4.78 is 22.9. The van der Waals surface area contributed by atoms with E-state index in [0.29, 0.717) is 17.0 Å². The van der Waals surface area contributed by atoms with Crippen molar-refractivity contribution in [2.45, 2.75) is 56.9 Å². The fraction of sp³-hybridized carbons (Fsp3) is 0.282. The standard InChI is InChI=1S/C39H37N3O13/c1-18-12-19(2)14-22(13-18)30-28-21(10-11-41-28)16-42(30)55-35-33(46)32(45)34(38(50)54-37(49)29(40-3)36(47)48)53-39(35)52-24-8-9-25-27(15-24)51-17-26(31(25)44)20-4-6-23(43)7-5-20/h4-15,17,29,32-35,38-40,43,45-46,50H,16H2,1-3H3,(H,47,48). The van der Waals surface area contributed by atoms with Gasteiger partial charge in [-0.05, 0) is 68.9 Å². The lowest BCUT2D eigenvalue weighted by atomic mass is 9.98. The largest absolute Gasteiger partial charge is 0.508 e. The summed E-state index contributed by atoms with van der Waals surface area (Å²) in [7, 11) is 1.20. The second kappa shape index (κ2) is 15.1. The van der Waals surface area contributed by atoms with Gasteiger partial charge >= 0.3 is 11.9 Å². The number of nitrogens with one attached hydrogen (secondary N) is 1. The number of hydroxylamine groups is 2. The number of ether oxygens (including phenoxy) is 3. The number of hydrogen-bond donors (Lipinski definition) is 6. The summed E-state index contributed by atoms with van der Waals surface area (Å²) in [5.41, 5.74) is 5.31. The molecule has 16 heteroatoms. The first-order chi connectivity index (χ1) is 26.3. The molecule has 55 heavy (non-hydrogen) atoms. The molecule has 1 aromatic heterocycles. The maximum absolute atomic E-state index is 13.4. The summed E-state index contributed by atoms with van der Waals surface area (Å²) >= 11 is 0. The maximum atomic E-state index is 13.4.